The van der Waals surface area contributed by atoms with Crippen molar-refractivity contribution in [3.05, 3.63) is 70.3 Å². The topological polar surface area (TPSA) is 63.2 Å². The van der Waals surface area contributed by atoms with Crippen LogP contribution in [0.5, 0.6) is 0 Å². The van der Waals surface area contributed by atoms with E-state index in [1.807, 2.05) is 32.9 Å². The lowest BCUT2D eigenvalue weighted by atomic mass is 9.86. The van der Waals surface area contributed by atoms with E-state index in [-0.39, 0.29) is 31.0 Å². The highest BCUT2D eigenvalue weighted by Gasteiger charge is 2.42. The lowest BCUT2D eigenvalue weighted by molar-refractivity contribution is -0.125. The van der Waals surface area contributed by atoms with Crippen LogP contribution in [0.3, 0.4) is 0 Å². The average molecular weight is 410 g/mol. The zero-order chi connectivity index (χ0) is 21.8. The summed E-state index contributed by atoms with van der Waals surface area (Å²) >= 11 is 0. The lowest BCUT2D eigenvalue weighted by Crippen LogP contribution is -2.28. The summed E-state index contributed by atoms with van der Waals surface area (Å²) in [6.07, 6.45) is -1.04. The van der Waals surface area contributed by atoms with Gasteiger partial charge in [-0.05, 0) is 49.4 Å². The van der Waals surface area contributed by atoms with Crippen molar-refractivity contribution in [3.63, 3.8) is 0 Å². The van der Waals surface area contributed by atoms with E-state index in [4.69, 9.17) is 0 Å². The van der Waals surface area contributed by atoms with Gasteiger partial charge in [-0.15, -0.1) is 0 Å². The SMILES string of the molecule is Cc1cc(C)c(C2C(=O)CC(CCNC(=O)CC(F)c3ccccc3)C2=O)c(C)c1. The summed E-state index contributed by atoms with van der Waals surface area (Å²) in [6.45, 7) is 6.11. The van der Waals surface area contributed by atoms with Crippen LogP contribution in [0.25, 0.3) is 0 Å². The molecule has 30 heavy (non-hydrogen) atoms. The average Bonchev–Trinajstić information content (AvgIpc) is 2.96. The first-order valence-corrected chi connectivity index (χ1v) is 10.4. The third-order valence-corrected chi connectivity index (χ3v) is 5.82. The fourth-order valence-electron chi connectivity index (χ4n) is 4.45. The molecule has 0 heterocycles. The van der Waals surface area contributed by atoms with Gasteiger partial charge in [0.15, 0.2) is 5.78 Å². The minimum atomic E-state index is -1.36. The van der Waals surface area contributed by atoms with Crippen LogP contribution in [-0.2, 0) is 14.4 Å². The quantitative estimate of drug-likeness (QED) is 0.687. The van der Waals surface area contributed by atoms with Gasteiger partial charge in [0.25, 0.3) is 0 Å². The number of hydrogen-bond acceptors (Lipinski definition) is 3. The number of ketones is 2. The maximum atomic E-state index is 14.2. The van der Waals surface area contributed by atoms with E-state index in [0.717, 1.165) is 22.3 Å². The maximum Gasteiger partial charge on any atom is 0.223 e. The van der Waals surface area contributed by atoms with E-state index in [1.54, 1.807) is 30.3 Å². The fraction of sp³-hybridized carbons (Fsp3) is 0.400. The van der Waals surface area contributed by atoms with Crippen molar-refractivity contribution in [2.45, 2.75) is 52.1 Å². The second-order valence-corrected chi connectivity index (χ2v) is 8.24. The lowest BCUT2D eigenvalue weighted by Gasteiger charge is -2.16. The molecule has 3 unspecified atom stereocenters. The molecular weight excluding hydrogens is 381 g/mol. The molecule has 0 aromatic heterocycles. The van der Waals surface area contributed by atoms with Crippen LogP contribution < -0.4 is 5.32 Å². The molecule has 1 fully saturated rings. The van der Waals surface area contributed by atoms with Crippen LogP contribution in [0.15, 0.2) is 42.5 Å². The summed E-state index contributed by atoms with van der Waals surface area (Å²) in [4.78, 5) is 37.6. The standard InChI is InChI=1S/C25H28FNO3/c1-15-11-16(2)23(17(3)12-15)24-21(28)13-19(25(24)30)9-10-27-22(29)14-20(26)18-7-5-4-6-8-18/h4-8,11-12,19-20,24H,9-10,13-14H2,1-3H3,(H,27,29). The number of hydrogen-bond donors (Lipinski definition) is 1. The monoisotopic (exact) mass is 409 g/mol. The van der Waals surface area contributed by atoms with Gasteiger partial charge in [-0.2, -0.15) is 0 Å². The molecule has 3 atom stereocenters. The first-order chi connectivity index (χ1) is 14.3. The molecular formula is C25H28FNO3. The molecule has 0 bridgehead atoms. The molecule has 1 N–H and O–H groups in total. The van der Waals surface area contributed by atoms with Crippen molar-refractivity contribution in [2.24, 2.45) is 5.92 Å². The van der Waals surface area contributed by atoms with Gasteiger partial charge in [-0.3, -0.25) is 14.4 Å². The Kier molecular flexibility index (Phi) is 6.80. The van der Waals surface area contributed by atoms with Gasteiger partial charge in [-0.1, -0.05) is 48.0 Å². The number of rotatable bonds is 7. The van der Waals surface area contributed by atoms with Crippen molar-refractivity contribution in [1.29, 1.82) is 0 Å². The van der Waals surface area contributed by atoms with E-state index >= 15 is 0 Å². The van der Waals surface area contributed by atoms with E-state index in [1.165, 1.54) is 0 Å². The Morgan fingerprint density at radius 1 is 1.10 bits per heavy atom. The Balaban J connectivity index is 1.55. The molecule has 3 rings (SSSR count). The van der Waals surface area contributed by atoms with Crippen LogP contribution in [0, 0.1) is 26.7 Å². The number of benzene rings is 2. The molecule has 0 aliphatic heterocycles. The normalized spacial score (nSPS) is 19.7. The number of nitrogens with one attached hydrogen (secondary N) is 1. The van der Waals surface area contributed by atoms with Crippen LogP contribution in [0.2, 0.25) is 0 Å². The van der Waals surface area contributed by atoms with Gasteiger partial charge in [-0.25, -0.2) is 4.39 Å². The molecule has 0 radical (unpaired) electrons. The van der Waals surface area contributed by atoms with Gasteiger partial charge in [0.1, 0.15) is 17.9 Å². The summed E-state index contributed by atoms with van der Waals surface area (Å²) in [5.41, 5.74) is 4.32. The highest BCUT2D eigenvalue weighted by Crippen LogP contribution is 2.37. The summed E-state index contributed by atoms with van der Waals surface area (Å²) < 4.78 is 14.2. The first-order valence-electron chi connectivity index (χ1n) is 10.4. The molecule has 1 aliphatic rings. The Morgan fingerprint density at radius 3 is 2.37 bits per heavy atom. The highest BCUT2D eigenvalue weighted by molar-refractivity contribution is 6.15. The second kappa shape index (κ2) is 9.33. The summed E-state index contributed by atoms with van der Waals surface area (Å²) in [5, 5.41) is 2.69. The number of carbonyl (C=O) groups excluding carboxylic acids is 3. The van der Waals surface area contributed by atoms with E-state index in [2.05, 4.69) is 5.32 Å². The minimum absolute atomic E-state index is 0.0562. The third-order valence-electron chi connectivity index (χ3n) is 5.82. The summed E-state index contributed by atoms with van der Waals surface area (Å²) in [7, 11) is 0. The Bertz CT molecular complexity index is 931. The van der Waals surface area contributed by atoms with Gasteiger partial charge < -0.3 is 5.32 Å². The van der Waals surface area contributed by atoms with E-state index in [9.17, 15) is 18.8 Å². The van der Waals surface area contributed by atoms with E-state index in [0.29, 0.717) is 12.0 Å². The molecule has 2 aromatic rings. The van der Waals surface area contributed by atoms with Crippen LogP contribution >= 0.6 is 0 Å². The van der Waals surface area contributed by atoms with Gasteiger partial charge in [0.2, 0.25) is 5.91 Å². The smallest absolute Gasteiger partial charge is 0.223 e. The first kappa shape index (κ1) is 21.9. The number of alkyl halides is 1. The highest BCUT2D eigenvalue weighted by atomic mass is 19.1. The van der Waals surface area contributed by atoms with Crippen molar-refractivity contribution in [3.8, 4) is 0 Å². The van der Waals surface area contributed by atoms with Crippen molar-refractivity contribution >= 4 is 17.5 Å². The Hall–Kier alpha value is -2.82. The number of Topliss-reactive ketones (excluding diaryl/α,β-unsaturated/α-hetero) is 2. The predicted molar refractivity (Wildman–Crippen MR) is 114 cm³/mol. The molecule has 5 heteroatoms. The fourth-order valence-corrected chi connectivity index (χ4v) is 4.45. The summed E-state index contributed by atoms with van der Waals surface area (Å²) in [6, 6.07) is 12.6. The molecule has 0 saturated heterocycles. The van der Waals surface area contributed by atoms with Gasteiger partial charge in [0, 0.05) is 18.9 Å². The number of carbonyl (C=O) groups is 3. The van der Waals surface area contributed by atoms with Crippen molar-refractivity contribution < 1.29 is 18.8 Å². The van der Waals surface area contributed by atoms with Gasteiger partial charge >= 0.3 is 0 Å². The molecule has 4 nitrogen and oxygen atoms in total. The van der Waals surface area contributed by atoms with Crippen LogP contribution in [0.4, 0.5) is 4.39 Å². The predicted octanol–water partition coefficient (Wildman–Crippen LogP) is 4.46. The zero-order valence-electron chi connectivity index (χ0n) is 17.7. The number of halogens is 1. The third kappa shape index (κ3) is 4.84. The largest absolute Gasteiger partial charge is 0.356 e. The number of aryl methyl sites for hydroxylation is 3. The molecule has 0 spiro atoms. The molecule has 1 aliphatic carbocycles. The molecule has 2 aromatic carbocycles. The van der Waals surface area contributed by atoms with Gasteiger partial charge in [0.05, 0.1) is 6.42 Å². The van der Waals surface area contributed by atoms with Crippen molar-refractivity contribution in [2.75, 3.05) is 6.54 Å². The maximum absolute atomic E-state index is 14.2. The molecule has 1 saturated carbocycles. The van der Waals surface area contributed by atoms with Crippen LogP contribution in [-0.4, -0.2) is 24.0 Å². The Labute approximate surface area is 176 Å². The Morgan fingerprint density at radius 2 is 1.73 bits per heavy atom. The van der Waals surface area contributed by atoms with Crippen LogP contribution in [0.1, 0.15) is 59.2 Å². The zero-order valence-corrected chi connectivity index (χ0v) is 17.7. The molecule has 1 amide bonds. The second-order valence-electron chi connectivity index (χ2n) is 8.24. The van der Waals surface area contributed by atoms with Crippen molar-refractivity contribution in [1.82, 2.24) is 5.32 Å². The molecule has 158 valence electrons. The minimum Gasteiger partial charge on any atom is -0.356 e. The summed E-state index contributed by atoms with van der Waals surface area (Å²) in [5.74, 6) is -1.64. The number of amides is 1. The van der Waals surface area contributed by atoms with E-state index < -0.39 is 23.9 Å².